The zero-order chi connectivity index (χ0) is 29.3. The number of anilines is 2. The maximum atomic E-state index is 9.00. The van der Waals surface area contributed by atoms with Crippen LogP contribution in [0.4, 0.5) is 11.6 Å². The Balaban J connectivity index is 1.45. The van der Waals surface area contributed by atoms with Gasteiger partial charge in [-0.3, -0.25) is 5.41 Å². The van der Waals surface area contributed by atoms with Gasteiger partial charge < -0.3 is 29.7 Å². The molecule has 10 heteroatoms. The van der Waals surface area contributed by atoms with Crippen LogP contribution in [-0.2, 0) is 14.2 Å². The molecule has 2 aromatic rings. The van der Waals surface area contributed by atoms with Gasteiger partial charge in [0.2, 0.25) is 5.90 Å². The minimum absolute atomic E-state index is 0.174. The highest BCUT2D eigenvalue weighted by Crippen LogP contribution is 2.36. The summed E-state index contributed by atoms with van der Waals surface area (Å²) in [4.78, 5) is 13.5. The molecular formula is C32H42N6O4. The van der Waals surface area contributed by atoms with Crippen LogP contribution in [0.5, 0.6) is 5.75 Å². The molecule has 2 aliphatic heterocycles. The molecular weight excluding hydrogens is 532 g/mol. The number of aromatic nitrogens is 3. The molecule has 0 spiro atoms. The molecule has 2 fully saturated rings. The Bertz CT molecular complexity index is 1320. The van der Waals surface area contributed by atoms with Crippen molar-refractivity contribution in [2.24, 2.45) is 11.8 Å². The number of hydrogen-bond acceptors (Lipinski definition) is 10. The molecule has 3 aliphatic rings. The fourth-order valence-corrected chi connectivity index (χ4v) is 5.22. The van der Waals surface area contributed by atoms with E-state index in [9.17, 15) is 0 Å². The predicted octanol–water partition coefficient (Wildman–Crippen LogP) is 6.57. The van der Waals surface area contributed by atoms with Crippen molar-refractivity contribution in [3.8, 4) is 5.75 Å². The average Bonchev–Trinajstić information content (AvgIpc) is 3.82. The van der Waals surface area contributed by atoms with Crippen LogP contribution >= 0.6 is 0 Å². The zero-order valence-corrected chi connectivity index (χ0v) is 24.7. The summed E-state index contributed by atoms with van der Waals surface area (Å²) in [6.07, 6.45) is 14.2. The van der Waals surface area contributed by atoms with E-state index in [1.165, 1.54) is 12.5 Å². The van der Waals surface area contributed by atoms with E-state index < -0.39 is 0 Å². The number of ether oxygens (including phenoxy) is 4. The number of nitrogens with one attached hydrogen (secondary N) is 3. The summed E-state index contributed by atoms with van der Waals surface area (Å²) in [5.41, 5.74) is 3.08. The molecule has 4 bridgehead atoms. The van der Waals surface area contributed by atoms with Crippen LogP contribution in [0.1, 0.15) is 76.6 Å². The standard InChI is InChI=1S/C32H42N6O4/c1-21(4-3-5-23-10-14-39-15-11-23)30(31(34)41-19-24-6-7-24)26-18-36-29-16-27(26)42-22(2)9-13-40-20-25(17-33)32-35-12-8-28(37-29)38-32/h8,12,16-18,20,22-24,33-34H,3-7,9-11,13-15,19H2,1-2H3,(H,35,36,37,38)/b25-20?,30-21-,33-17?,34-31?/t22-/m0/s1. The summed E-state index contributed by atoms with van der Waals surface area (Å²) < 4.78 is 23.8. The first-order chi connectivity index (χ1) is 20.5. The molecule has 1 aliphatic carbocycles. The maximum Gasteiger partial charge on any atom is 0.213 e. The van der Waals surface area contributed by atoms with Crippen molar-refractivity contribution in [1.29, 1.82) is 10.8 Å². The second-order valence-corrected chi connectivity index (χ2v) is 11.4. The molecule has 5 rings (SSSR count). The van der Waals surface area contributed by atoms with E-state index in [0.29, 0.717) is 60.3 Å². The second-order valence-electron chi connectivity index (χ2n) is 11.4. The molecule has 3 N–H and O–H groups in total. The van der Waals surface area contributed by atoms with Gasteiger partial charge in [-0.05, 0) is 76.7 Å². The minimum Gasteiger partial charge on any atom is -0.500 e. The third-order valence-corrected chi connectivity index (χ3v) is 7.96. The largest absolute Gasteiger partial charge is 0.500 e. The fraction of sp³-hybridized carbons (Fsp3) is 0.531. The maximum absolute atomic E-state index is 9.00. The van der Waals surface area contributed by atoms with Crippen molar-refractivity contribution in [1.82, 2.24) is 15.0 Å². The lowest BCUT2D eigenvalue weighted by Gasteiger charge is -2.23. The number of allylic oxidation sites excluding steroid dienone is 2. The predicted molar refractivity (Wildman–Crippen MR) is 163 cm³/mol. The summed E-state index contributed by atoms with van der Waals surface area (Å²) in [5, 5.41) is 20.0. The van der Waals surface area contributed by atoms with Crippen LogP contribution in [0.25, 0.3) is 11.1 Å². The molecule has 10 nitrogen and oxygen atoms in total. The Hall–Kier alpha value is -3.79. The Morgan fingerprint density at radius 1 is 1.10 bits per heavy atom. The van der Waals surface area contributed by atoms with Crippen molar-refractivity contribution in [2.75, 3.05) is 31.7 Å². The lowest BCUT2D eigenvalue weighted by atomic mass is 9.91. The molecule has 0 aromatic carbocycles. The number of rotatable bonds is 9. The third kappa shape index (κ3) is 8.15. The molecule has 1 atom stereocenters. The molecule has 0 radical (unpaired) electrons. The van der Waals surface area contributed by atoms with Gasteiger partial charge in [-0.25, -0.2) is 15.0 Å². The highest BCUT2D eigenvalue weighted by Gasteiger charge is 2.26. The van der Waals surface area contributed by atoms with Gasteiger partial charge in [0.25, 0.3) is 0 Å². The van der Waals surface area contributed by atoms with E-state index in [1.54, 1.807) is 18.5 Å². The van der Waals surface area contributed by atoms with Gasteiger partial charge in [0.1, 0.15) is 17.4 Å². The molecule has 0 unspecified atom stereocenters. The Kier molecular flexibility index (Phi) is 10.2. The van der Waals surface area contributed by atoms with Crippen molar-refractivity contribution in [2.45, 2.75) is 71.3 Å². The van der Waals surface area contributed by atoms with E-state index in [2.05, 4.69) is 22.2 Å². The van der Waals surface area contributed by atoms with E-state index in [-0.39, 0.29) is 12.0 Å². The number of nitrogens with zero attached hydrogens (tertiary/aromatic N) is 3. The molecule has 42 heavy (non-hydrogen) atoms. The minimum atomic E-state index is -0.176. The van der Waals surface area contributed by atoms with Crippen molar-refractivity contribution >= 4 is 34.9 Å². The number of hydrogen-bond donors (Lipinski definition) is 3. The molecule has 1 saturated heterocycles. The monoisotopic (exact) mass is 574 g/mol. The Morgan fingerprint density at radius 2 is 1.93 bits per heavy atom. The topological polar surface area (TPSA) is 135 Å². The molecule has 0 amide bonds. The first-order valence-electron chi connectivity index (χ1n) is 15.1. The fourth-order valence-electron chi connectivity index (χ4n) is 5.22. The van der Waals surface area contributed by atoms with E-state index in [4.69, 9.17) is 34.7 Å². The van der Waals surface area contributed by atoms with E-state index >= 15 is 0 Å². The van der Waals surface area contributed by atoms with Gasteiger partial charge >= 0.3 is 0 Å². The third-order valence-electron chi connectivity index (χ3n) is 7.96. The van der Waals surface area contributed by atoms with Crippen LogP contribution in [0, 0.1) is 22.7 Å². The van der Waals surface area contributed by atoms with Gasteiger partial charge in [0, 0.05) is 55.4 Å². The lowest BCUT2D eigenvalue weighted by Crippen LogP contribution is -2.18. The smallest absolute Gasteiger partial charge is 0.213 e. The first-order valence-corrected chi connectivity index (χ1v) is 15.1. The highest BCUT2D eigenvalue weighted by molar-refractivity contribution is 6.19. The second kappa shape index (κ2) is 14.4. The van der Waals surface area contributed by atoms with Crippen LogP contribution in [0.15, 0.2) is 36.4 Å². The van der Waals surface area contributed by atoms with Gasteiger partial charge in [-0.2, -0.15) is 0 Å². The van der Waals surface area contributed by atoms with Crippen LogP contribution in [0.2, 0.25) is 0 Å². The summed E-state index contributed by atoms with van der Waals surface area (Å²) >= 11 is 0. The van der Waals surface area contributed by atoms with Crippen LogP contribution in [0.3, 0.4) is 0 Å². The van der Waals surface area contributed by atoms with Gasteiger partial charge in [-0.1, -0.05) is 5.57 Å². The Labute approximate surface area is 248 Å². The van der Waals surface area contributed by atoms with Crippen molar-refractivity contribution in [3.05, 3.63) is 47.7 Å². The SMILES string of the molecule is C/C(CCCC1CCOCC1)=C(/C(=N)OCC1CC1)c1cnc2cc1O[C@@H](C)CCOC=C(C=N)c1nccc(n1)N2. The van der Waals surface area contributed by atoms with Crippen LogP contribution < -0.4 is 10.1 Å². The van der Waals surface area contributed by atoms with Gasteiger partial charge in [0.15, 0.2) is 5.82 Å². The van der Waals surface area contributed by atoms with Gasteiger partial charge in [-0.15, -0.1) is 0 Å². The summed E-state index contributed by atoms with van der Waals surface area (Å²) in [6.45, 7) is 6.78. The summed E-state index contributed by atoms with van der Waals surface area (Å²) in [7, 11) is 0. The molecule has 224 valence electrons. The lowest BCUT2D eigenvalue weighted by molar-refractivity contribution is 0.0633. The van der Waals surface area contributed by atoms with E-state index in [0.717, 1.165) is 74.9 Å². The number of fused-ring (bicyclic) bond motifs is 4. The summed E-state index contributed by atoms with van der Waals surface area (Å²) in [6, 6.07) is 3.60. The zero-order valence-electron chi connectivity index (χ0n) is 24.7. The quantitative estimate of drug-likeness (QED) is 0.226. The van der Waals surface area contributed by atoms with Crippen LogP contribution in [-0.4, -0.2) is 59.6 Å². The average molecular weight is 575 g/mol. The summed E-state index contributed by atoms with van der Waals surface area (Å²) in [5.74, 6) is 3.52. The first kappa shape index (κ1) is 29.7. The molecule has 1 saturated carbocycles. The Morgan fingerprint density at radius 3 is 2.71 bits per heavy atom. The van der Waals surface area contributed by atoms with Crippen molar-refractivity contribution < 1.29 is 18.9 Å². The molecule has 4 heterocycles. The van der Waals surface area contributed by atoms with Crippen molar-refractivity contribution in [3.63, 3.8) is 0 Å². The number of pyridine rings is 1. The normalized spacial score (nSPS) is 20.0. The van der Waals surface area contributed by atoms with Gasteiger partial charge in [0.05, 0.1) is 31.2 Å². The van der Waals surface area contributed by atoms with E-state index in [1.807, 2.05) is 13.0 Å². The molecule has 2 aromatic heterocycles. The highest BCUT2D eigenvalue weighted by atomic mass is 16.5.